The molecule has 2 heterocycles. The lowest BCUT2D eigenvalue weighted by Crippen LogP contribution is -2.09. The van der Waals surface area contributed by atoms with Crippen LogP contribution in [0.2, 0.25) is 0 Å². The quantitative estimate of drug-likeness (QED) is 0.662. The largest absolute Gasteiger partial charge is 0.469 e. The predicted molar refractivity (Wildman–Crippen MR) is 65.3 cm³/mol. The zero-order chi connectivity index (χ0) is 12.6. The molecule has 7 heteroatoms. The smallest absolute Gasteiger partial charge is 0.307 e. The SMILES string of the molecule is COC(=O)CCn1c(=S)[nH]c2c(C)nn(C)c21. The predicted octanol–water partition coefficient (Wildman–Crippen LogP) is 1.30. The molecule has 0 spiro atoms. The number of H-pyrrole nitrogens is 1. The van der Waals surface area contributed by atoms with Crippen LogP contribution in [0, 0.1) is 11.7 Å². The first kappa shape index (κ1) is 11.8. The first-order valence-electron chi connectivity index (χ1n) is 5.23. The Kier molecular flexibility index (Phi) is 3.01. The Morgan fingerprint density at radius 3 is 2.94 bits per heavy atom. The molecule has 2 rings (SSSR count). The molecule has 17 heavy (non-hydrogen) atoms. The number of methoxy groups -OCH3 is 1. The molecule has 1 N–H and O–H groups in total. The first-order valence-corrected chi connectivity index (χ1v) is 5.64. The highest BCUT2D eigenvalue weighted by molar-refractivity contribution is 7.71. The average Bonchev–Trinajstić information content (AvgIpc) is 2.75. The molecule has 92 valence electrons. The lowest BCUT2D eigenvalue weighted by molar-refractivity contribution is -0.140. The summed E-state index contributed by atoms with van der Waals surface area (Å²) in [4.78, 5) is 14.2. The van der Waals surface area contributed by atoms with Crippen LogP contribution >= 0.6 is 12.2 Å². The fourth-order valence-electron chi connectivity index (χ4n) is 1.89. The molecule has 0 radical (unpaired) electrons. The van der Waals surface area contributed by atoms with Crippen molar-refractivity contribution >= 4 is 29.4 Å². The number of aromatic amines is 1. The van der Waals surface area contributed by atoms with E-state index in [1.807, 2.05) is 18.5 Å². The molecule has 0 aliphatic rings. The highest BCUT2D eigenvalue weighted by atomic mass is 32.1. The van der Waals surface area contributed by atoms with Crippen LogP contribution in [-0.4, -0.2) is 32.4 Å². The van der Waals surface area contributed by atoms with Gasteiger partial charge in [0.05, 0.1) is 19.2 Å². The molecule has 0 aromatic carbocycles. The number of rotatable bonds is 3. The van der Waals surface area contributed by atoms with Gasteiger partial charge < -0.3 is 14.3 Å². The lowest BCUT2D eigenvalue weighted by atomic mass is 10.4. The summed E-state index contributed by atoms with van der Waals surface area (Å²) in [6, 6.07) is 0. The van der Waals surface area contributed by atoms with Gasteiger partial charge in [0.1, 0.15) is 5.52 Å². The Bertz CT molecular complexity index is 622. The van der Waals surface area contributed by atoms with Gasteiger partial charge in [0.2, 0.25) is 0 Å². The number of carbonyl (C=O) groups excluding carboxylic acids is 1. The topological polar surface area (TPSA) is 64.8 Å². The van der Waals surface area contributed by atoms with Crippen LogP contribution in [0.1, 0.15) is 12.1 Å². The Hall–Kier alpha value is -1.63. The molecule has 0 saturated carbocycles. The van der Waals surface area contributed by atoms with Gasteiger partial charge in [0.15, 0.2) is 10.4 Å². The van der Waals surface area contributed by atoms with E-state index in [-0.39, 0.29) is 5.97 Å². The molecule has 0 saturated heterocycles. The van der Waals surface area contributed by atoms with Crippen molar-refractivity contribution in [3.05, 3.63) is 10.5 Å². The number of nitrogens with one attached hydrogen (secondary N) is 1. The summed E-state index contributed by atoms with van der Waals surface area (Å²) in [5.74, 6) is -0.250. The zero-order valence-corrected chi connectivity index (χ0v) is 10.8. The van der Waals surface area contributed by atoms with E-state index in [0.29, 0.717) is 17.7 Å². The second-order valence-corrected chi connectivity index (χ2v) is 4.20. The minimum absolute atomic E-state index is 0.250. The van der Waals surface area contributed by atoms with E-state index in [9.17, 15) is 4.79 Å². The van der Waals surface area contributed by atoms with Crippen molar-refractivity contribution in [2.45, 2.75) is 19.9 Å². The first-order chi connectivity index (χ1) is 8.04. The third-order valence-corrected chi connectivity index (χ3v) is 3.01. The second kappa shape index (κ2) is 4.33. The Labute approximate surface area is 103 Å². The van der Waals surface area contributed by atoms with Crippen molar-refractivity contribution < 1.29 is 9.53 Å². The summed E-state index contributed by atoms with van der Waals surface area (Å²) in [5.41, 5.74) is 2.71. The van der Waals surface area contributed by atoms with Crippen molar-refractivity contribution in [3.8, 4) is 0 Å². The molecule has 0 aliphatic carbocycles. The molecule has 0 atom stereocenters. The van der Waals surface area contributed by atoms with E-state index in [1.54, 1.807) is 4.68 Å². The summed E-state index contributed by atoms with van der Waals surface area (Å²) < 4.78 is 8.84. The molecular formula is C10H14N4O2S. The van der Waals surface area contributed by atoms with Gasteiger partial charge in [-0.15, -0.1) is 0 Å². The Balaban J connectivity index is 2.42. The van der Waals surface area contributed by atoms with Crippen LogP contribution in [0.15, 0.2) is 0 Å². The molecule has 0 amide bonds. The van der Waals surface area contributed by atoms with E-state index < -0.39 is 0 Å². The standard InChI is InChI=1S/C10H14N4O2S/c1-6-8-9(13(2)12-6)14(10(17)11-8)5-4-7(15)16-3/h4-5H2,1-3H3,(H,11,17). The fraction of sp³-hybridized carbons (Fsp3) is 0.500. The summed E-state index contributed by atoms with van der Waals surface area (Å²) in [5, 5.41) is 4.30. The highest BCUT2D eigenvalue weighted by Crippen LogP contribution is 2.17. The van der Waals surface area contributed by atoms with Crippen molar-refractivity contribution in [2.24, 2.45) is 7.05 Å². The average molecular weight is 254 g/mol. The van der Waals surface area contributed by atoms with Gasteiger partial charge in [-0.25, -0.2) is 0 Å². The van der Waals surface area contributed by atoms with Crippen molar-refractivity contribution in [3.63, 3.8) is 0 Å². The van der Waals surface area contributed by atoms with Gasteiger partial charge in [0.25, 0.3) is 0 Å². The number of hydrogen-bond acceptors (Lipinski definition) is 4. The van der Waals surface area contributed by atoms with Crippen LogP contribution in [0.3, 0.4) is 0 Å². The zero-order valence-electron chi connectivity index (χ0n) is 9.98. The van der Waals surface area contributed by atoms with Gasteiger partial charge in [-0.05, 0) is 19.1 Å². The van der Waals surface area contributed by atoms with E-state index in [0.717, 1.165) is 16.9 Å². The summed E-state index contributed by atoms with van der Waals surface area (Å²) in [6.45, 7) is 2.41. The van der Waals surface area contributed by atoms with E-state index in [2.05, 4.69) is 14.8 Å². The maximum Gasteiger partial charge on any atom is 0.307 e. The maximum absolute atomic E-state index is 11.1. The normalized spacial score (nSPS) is 11.0. The number of ether oxygens (including phenoxy) is 1. The number of nitrogens with zero attached hydrogens (tertiary/aromatic N) is 3. The third-order valence-electron chi connectivity index (χ3n) is 2.69. The highest BCUT2D eigenvalue weighted by Gasteiger charge is 2.13. The summed E-state index contributed by atoms with van der Waals surface area (Å²) in [7, 11) is 3.23. The molecule has 0 bridgehead atoms. The third kappa shape index (κ3) is 1.97. The molecular weight excluding hydrogens is 240 g/mol. The maximum atomic E-state index is 11.1. The van der Waals surface area contributed by atoms with Crippen molar-refractivity contribution in [2.75, 3.05) is 7.11 Å². The summed E-state index contributed by atoms with van der Waals surface area (Å²) >= 11 is 5.23. The summed E-state index contributed by atoms with van der Waals surface area (Å²) in [6.07, 6.45) is 0.294. The van der Waals surface area contributed by atoms with Gasteiger partial charge in [-0.3, -0.25) is 9.48 Å². The number of esters is 1. The van der Waals surface area contributed by atoms with Crippen LogP contribution in [-0.2, 0) is 23.1 Å². The number of carbonyl (C=O) groups is 1. The number of hydrogen-bond donors (Lipinski definition) is 1. The number of aromatic nitrogens is 4. The minimum Gasteiger partial charge on any atom is -0.469 e. The van der Waals surface area contributed by atoms with Crippen LogP contribution < -0.4 is 0 Å². The van der Waals surface area contributed by atoms with E-state index in [1.165, 1.54) is 7.11 Å². The van der Waals surface area contributed by atoms with E-state index in [4.69, 9.17) is 12.2 Å². The van der Waals surface area contributed by atoms with Crippen LogP contribution in [0.25, 0.3) is 11.2 Å². The fourth-order valence-corrected chi connectivity index (χ4v) is 2.16. The van der Waals surface area contributed by atoms with Gasteiger partial charge in [-0.2, -0.15) is 5.10 Å². The van der Waals surface area contributed by atoms with Crippen molar-refractivity contribution in [1.29, 1.82) is 0 Å². The molecule has 0 aliphatic heterocycles. The monoisotopic (exact) mass is 254 g/mol. The number of imidazole rings is 1. The second-order valence-electron chi connectivity index (χ2n) is 3.82. The molecule has 0 fully saturated rings. The Morgan fingerprint density at radius 1 is 1.59 bits per heavy atom. The van der Waals surface area contributed by atoms with Crippen molar-refractivity contribution in [1.82, 2.24) is 19.3 Å². The molecule has 6 nitrogen and oxygen atoms in total. The number of fused-ring (bicyclic) bond motifs is 1. The van der Waals surface area contributed by atoms with Gasteiger partial charge >= 0.3 is 5.97 Å². The lowest BCUT2D eigenvalue weighted by Gasteiger charge is -2.03. The number of aryl methyl sites for hydroxylation is 3. The van der Waals surface area contributed by atoms with E-state index >= 15 is 0 Å². The molecule has 2 aromatic rings. The van der Waals surface area contributed by atoms with Gasteiger partial charge in [-0.1, -0.05) is 0 Å². The van der Waals surface area contributed by atoms with Gasteiger partial charge in [0, 0.05) is 13.6 Å². The minimum atomic E-state index is -0.250. The van der Waals surface area contributed by atoms with Crippen LogP contribution in [0.5, 0.6) is 0 Å². The Morgan fingerprint density at radius 2 is 2.29 bits per heavy atom. The molecule has 0 unspecified atom stereocenters. The van der Waals surface area contributed by atoms with Crippen LogP contribution in [0.4, 0.5) is 0 Å². The molecule has 2 aromatic heterocycles.